The zero-order chi connectivity index (χ0) is 14.5. The second-order valence-corrected chi connectivity index (χ2v) is 4.12. The van der Waals surface area contributed by atoms with Crippen molar-refractivity contribution in [3.05, 3.63) is 23.7 Å². The average molecular weight is 274 g/mol. The predicted octanol–water partition coefficient (Wildman–Crippen LogP) is -1.03. The van der Waals surface area contributed by atoms with Gasteiger partial charge >= 0.3 is 0 Å². The van der Waals surface area contributed by atoms with Crippen molar-refractivity contribution in [3.8, 4) is 6.07 Å². The highest BCUT2D eigenvalue weighted by Gasteiger charge is 2.19. The number of nitrogens with zero attached hydrogens (tertiary/aromatic N) is 4. The van der Waals surface area contributed by atoms with E-state index in [-0.39, 0.29) is 17.0 Å². The van der Waals surface area contributed by atoms with E-state index in [1.165, 1.54) is 0 Å². The van der Waals surface area contributed by atoms with Crippen LogP contribution in [0.1, 0.15) is 11.4 Å². The quantitative estimate of drug-likeness (QED) is 0.673. The molecule has 0 bridgehead atoms. The molecule has 1 amide bonds. The first-order valence-corrected chi connectivity index (χ1v) is 6.00. The van der Waals surface area contributed by atoms with Gasteiger partial charge in [-0.1, -0.05) is 0 Å². The lowest BCUT2D eigenvalue weighted by Gasteiger charge is -2.29. The molecule has 20 heavy (non-hydrogen) atoms. The van der Waals surface area contributed by atoms with Crippen LogP contribution in [0.15, 0.2) is 12.3 Å². The molecule has 1 aliphatic rings. The summed E-state index contributed by atoms with van der Waals surface area (Å²) < 4.78 is 5.27. The first-order valence-electron chi connectivity index (χ1n) is 6.00. The maximum Gasteiger partial charge on any atom is 0.252 e. The second kappa shape index (κ2) is 5.99. The minimum absolute atomic E-state index is 0.0662. The van der Waals surface area contributed by atoms with Crippen LogP contribution < -0.4 is 16.4 Å². The fraction of sp³-hybridized carbons (Fsp3) is 0.333. The molecule has 0 unspecified atom stereocenters. The summed E-state index contributed by atoms with van der Waals surface area (Å²) >= 11 is 0. The number of hydrogen-bond donors (Lipinski definition) is 2. The monoisotopic (exact) mass is 274 g/mol. The minimum atomic E-state index is -0.695. The van der Waals surface area contributed by atoms with Gasteiger partial charge in [0.1, 0.15) is 11.8 Å². The fourth-order valence-corrected chi connectivity index (χ4v) is 1.93. The summed E-state index contributed by atoms with van der Waals surface area (Å²) in [5, 5.41) is 16.7. The van der Waals surface area contributed by atoms with Gasteiger partial charge in [-0.05, 0) is 6.07 Å². The van der Waals surface area contributed by atoms with E-state index in [0.29, 0.717) is 32.0 Å². The Morgan fingerprint density at radius 1 is 1.45 bits per heavy atom. The Morgan fingerprint density at radius 2 is 2.15 bits per heavy atom. The number of hydrogen-bond acceptors (Lipinski definition) is 7. The zero-order valence-electron chi connectivity index (χ0n) is 10.7. The Hall–Kier alpha value is -2.66. The van der Waals surface area contributed by atoms with Crippen LogP contribution in [0.5, 0.6) is 0 Å². The van der Waals surface area contributed by atoms with Crippen LogP contribution in [0.25, 0.3) is 5.57 Å². The van der Waals surface area contributed by atoms with Crippen molar-refractivity contribution in [2.24, 2.45) is 11.5 Å². The van der Waals surface area contributed by atoms with E-state index in [2.05, 4.69) is 10.2 Å². The third kappa shape index (κ3) is 2.67. The molecule has 0 radical (unpaired) electrons. The highest BCUT2D eigenvalue weighted by Crippen LogP contribution is 2.22. The molecule has 8 nitrogen and oxygen atoms in total. The number of aromatic nitrogens is 2. The molecule has 1 aliphatic heterocycles. The SMILES string of the molecule is N#Cc1nnc(/C(=C/N)C(N)=O)cc1N1CCOCC1. The van der Waals surface area contributed by atoms with Crippen molar-refractivity contribution in [1.29, 1.82) is 5.26 Å². The Balaban J connectivity index is 2.43. The Labute approximate surface area is 115 Å². The lowest BCUT2D eigenvalue weighted by Crippen LogP contribution is -2.37. The Bertz CT molecular complexity index is 586. The summed E-state index contributed by atoms with van der Waals surface area (Å²) in [7, 11) is 0. The van der Waals surface area contributed by atoms with Crippen molar-refractivity contribution in [2.45, 2.75) is 0 Å². The van der Waals surface area contributed by atoms with Gasteiger partial charge in [-0.15, -0.1) is 10.2 Å². The van der Waals surface area contributed by atoms with Crippen molar-refractivity contribution < 1.29 is 9.53 Å². The number of nitriles is 1. The number of anilines is 1. The molecular formula is C12H14N6O2. The molecule has 8 heteroatoms. The van der Waals surface area contributed by atoms with E-state index in [4.69, 9.17) is 21.5 Å². The van der Waals surface area contributed by atoms with Gasteiger partial charge < -0.3 is 21.1 Å². The number of ether oxygens (including phenoxy) is 1. The van der Waals surface area contributed by atoms with Crippen LogP contribution >= 0.6 is 0 Å². The number of amides is 1. The standard InChI is InChI=1S/C12H14N6O2/c13-6-8(12(15)19)9-5-11(10(7-14)17-16-9)18-1-3-20-4-2-18/h5-6H,1-4,13H2,(H2,15,19)/b8-6-. The van der Waals surface area contributed by atoms with E-state index in [1.54, 1.807) is 6.07 Å². The van der Waals surface area contributed by atoms with E-state index < -0.39 is 5.91 Å². The van der Waals surface area contributed by atoms with Crippen LogP contribution in [0, 0.1) is 11.3 Å². The molecule has 0 aliphatic carbocycles. The topological polar surface area (TPSA) is 131 Å². The van der Waals surface area contributed by atoms with E-state index in [9.17, 15) is 4.79 Å². The zero-order valence-corrected chi connectivity index (χ0v) is 10.7. The molecular weight excluding hydrogens is 260 g/mol. The highest BCUT2D eigenvalue weighted by atomic mass is 16.5. The summed E-state index contributed by atoms with van der Waals surface area (Å²) in [5.41, 5.74) is 11.7. The van der Waals surface area contributed by atoms with Crippen molar-refractivity contribution >= 4 is 17.2 Å². The number of carbonyl (C=O) groups is 1. The summed E-state index contributed by atoms with van der Waals surface area (Å²) in [4.78, 5) is 13.2. The molecule has 1 saturated heterocycles. The summed E-state index contributed by atoms with van der Waals surface area (Å²) in [6, 6.07) is 3.58. The minimum Gasteiger partial charge on any atom is -0.404 e. The molecule has 4 N–H and O–H groups in total. The smallest absolute Gasteiger partial charge is 0.252 e. The average Bonchev–Trinajstić information content (AvgIpc) is 2.48. The maximum absolute atomic E-state index is 11.3. The van der Waals surface area contributed by atoms with Crippen LogP contribution in [0.2, 0.25) is 0 Å². The maximum atomic E-state index is 11.3. The van der Waals surface area contributed by atoms with Crippen molar-refractivity contribution in [1.82, 2.24) is 10.2 Å². The van der Waals surface area contributed by atoms with E-state index in [1.807, 2.05) is 11.0 Å². The van der Waals surface area contributed by atoms with Crippen LogP contribution in [0.3, 0.4) is 0 Å². The number of morpholine rings is 1. The van der Waals surface area contributed by atoms with E-state index in [0.717, 1.165) is 6.20 Å². The van der Waals surface area contributed by atoms with E-state index >= 15 is 0 Å². The first-order chi connectivity index (χ1) is 9.67. The molecule has 2 rings (SSSR count). The fourth-order valence-electron chi connectivity index (χ4n) is 1.93. The Kier molecular flexibility index (Phi) is 4.12. The molecule has 1 fully saturated rings. The van der Waals surface area contributed by atoms with Crippen LogP contribution in [0.4, 0.5) is 5.69 Å². The Morgan fingerprint density at radius 3 is 2.70 bits per heavy atom. The summed E-state index contributed by atoms with van der Waals surface area (Å²) in [6.45, 7) is 2.41. The molecule has 0 saturated carbocycles. The van der Waals surface area contributed by atoms with Gasteiger partial charge in [-0.2, -0.15) is 5.26 Å². The molecule has 0 aromatic carbocycles. The summed E-state index contributed by atoms with van der Waals surface area (Å²) in [6.07, 6.45) is 1.08. The van der Waals surface area contributed by atoms with Crippen LogP contribution in [-0.2, 0) is 9.53 Å². The molecule has 1 aromatic heterocycles. The van der Waals surface area contributed by atoms with Gasteiger partial charge in [-0.3, -0.25) is 4.79 Å². The van der Waals surface area contributed by atoms with Gasteiger partial charge in [0.15, 0.2) is 5.69 Å². The summed E-state index contributed by atoms with van der Waals surface area (Å²) in [5.74, 6) is -0.695. The first kappa shape index (κ1) is 13.8. The third-order valence-corrected chi connectivity index (χ3v) is 2.94. The largest absolute Gasteiger partial charge is 0.404 e. The lowest BCUT2D eigenvalue weighted by atomic mass is 10.1. The third-order valence-electron chi connectivity index (χ3n) is 2.94. The van der Waals surface area contributed by atoms with Gasteiger partial charge in [0.2, 0.25) is 0 Å². The number of primary amides is 1. The van der Waals surface area contributed by atoms with Gasteiger partial charge in [0, 0.05) is 19.3 Å². The van der Waals surface area contributed by atoms with Gasteiger partial charge in [0.25, 0.3) is 5.91 Å². The number of carbonyl (C=O) groups excluding carboxylic acids is 1. The molecule has 0 spiro atoms. The molecule has 0 atom stereocenters. The molecule has 1 aromatic rings. The normalized spacial score (nSPS) is 15.8. The highest BCUT2D eigenvalue weighted by molar-refractivity contribution is 6.18. The number of rotatable bonds is 3. The lowest BCUT2D eigenvalue weighted by molar-refractivity contribution is -0.112. The molecule has 104 valence electrons. The van der Waals surface area contributed by atoms with Crippen LogP contribution in [-0.4, -0.2) is 42.4 Å². The van der Waals surface area contributed by atoms with Gasteiger partial charge in [0.05, 0.1) is 24.5 Å². The van der Waals surface area contributed by atoms with Crippen molar-refractivity contribution in [2.75, 3.05) is 31.2 Å². The second-order valence-electron chi connectivity index (χ2n) is 4.12. The predicted molar refractivity (Wildman–Crippen MR) is 71.1 cm³/mol. The van der Waals surface area contributed by atoms with Gasteiger partial charge in [-0.25, -0.2) is 0 Å². The molecule has 2 heterocycles. The van der Waals surface area contributed by atoms with Crippen molar-refractivity contribution in [3.63, 3.8) is 0 Å². The number of nitrogens with two attached hydrogens (primary N) is 2.